The van der Waals surface area contributed by atoms with Gasteiger partial charge in [0.2, 0.25) is 0 Å². The average molecular weight is 128 g/mol. The summed E-state index contributed by atoms with van der Waals surface area (Å²) in [7, 11) is 0. The van der Waals surface area contributed by atoms with Crippen LogP contribution in [0.1, 0.15) is 6.93 Å². The second kappa shape index (κ2) is 2.73. The summed E-state index contributed by atoms with van der Waals surface area (Å²) in [5.74, 6) is 0.528. The van der Waals surface area contributed by atoms with Crippen LogP contribution in [0.4, 0.5) is 0 Å². The molecule has 1 heteroatoms. The molecule has 0 aliphatic carbocycles. The molecule has 0 fully saturated rings. The van der Waals surface area contributed by atoms with Crippen molar-refractivity contribution in [3.8, 4) is 0 Å². The molecule has 1 aromatic carbocycles. The lowest BCUT2D eigenvalue weighted by molar-refractivity contribution is 1.41. The van der Waals surface area contributed by atoms with Crippen molar-refractivity contribution in [1.82, 2.24) is 0 Å². The number of hydrogen-bond donors (Lipinski definition) is 0. The van der Waals surface area contributed by atoms with Crippen molar-refractivity contribution in [2.24, 2.45) is 0 Å². The van der Waals surface area contributed by atoms with E-state index in [0.29, 0.717) is 11.9 Å². The van der Waals surface area contributed by atoms with Gasteiger partial charge in [-0.1, -0.05) is 30.3 Å². The van der Waals surface area contributed by atoms with Crippen molar-refractivity contribution in [3.63, 3.8) is 0 Å². The summed E-state index contributed by atoms with van der Waals surface area (Å²) >= 11 is 5.52. The van der Waals surface area contributed by atoms with Gasteiger partial charge in [-0.25, -0.2) is 0 Å². The van der Waals surface area contributed by atoms with Gasteiger partial charge in [-0.05, 0) is 5.56 Å². The van der Waals surface area contributed by atoms with E-state index in [1.807, 2.05) is 12.1 Å². The molecule has 0 nitrogen and oxygen atoms in total. The Morgan fingerprint density at radius 2 is 2.12 bits per heavy atom. The highest BCUT2D eigenvalue weighted by molar-refractivity contribution is 6.17. The summed E-state index contributed by atoms with van der Waals surface area (Å²) < 4.78 is 7.12. The highest BCUT2D eigenvalue weighted by Gasteiger charge is 1.81. The Morgan fingerprint density at radius 3 is 2.62 bits per heavy atom. The van der Waals surface area contributed by atoms with Crippen molar-refractivity contribution in [3.05, 3.63) is 35.9 Å². The van der Waals surface area contributed by atoms with Gasteiger partial charge in [-0.2, -0.15) is 0 Å². The first-order valence-corrected chi connectivity index (χ1v) is 2.98. The molecule has 0 heterocycles. The highest BCUT2D eigenvalue weighted by Crippen LogP contribution is 2.00. The van der Waals surface area contributed by atoms with Gasteiger partial charge >= 0.3 is 0 Å². The van der Waals surface area contributed by atoms with Gasteiger partial charge < -0.3 is 0 Å². The fourth-order valence-electron chi connectivity index (χ4n) is 0.510. The zero-order chi connectivity index (χ0) is 6.69. The molecule has 0 aromatic heterocycles. The summed E-state index contributed by atoms with van der Waals surface area (Å²) in [6.07, 6.45) is 0. The van der Waals surface area contributed by atoms with Crippen molar-refractivity contribution in [2.45, 2.75) is 5.88 Å². The molecule has 0 N–H and O–H groups in total. The van der Waals surface area contributed by atoms with Crippen molar-refractivity contribution < 1.29 is 1.37 Å². The number of hydrogen-bond acceptors (Lipinski definition) is 0. The SMILES string of the molecule is [2H]c1ccc(CCl)cc1. The minimum atomic E-state index is 0.528. The van der Waals surface area contributed by atoms with E-state index < -0.39 is 0 Å². The van der Waals surface area contributed by atoms with E-state index in [0.717, 1.165) is 5.56 Å². The van der Waals surface area contributed by atoms with Gasteiger partial charge in [0.1, 0.15) is 0 Å². The lowest BCUT2D eigenvalue weighted by Gasteiger charge is -1.88. The van der Waals surface area contributed by atoms with E-state index in [9.17, 15) is 0 Å². The van der Waals surface area contributed by atoms with Crippen LogP contribution >= 0.6 is 11.6 Å². The molecule has 0 aliphatic rings. The predicted octanol–water partition coefficient (Wildman–Crippen LogP) is 2.43. The van der Waals surface area contributed by atoms with Crippen LogP contribution in [0.2, 0.25) is 0 Å². The second-order valence-corrected chi connectivity index (χ2v) is 1.81. The van der Waals surface area contributed by atoms with Gasteiger partial charge in [-0.3, -0.25) is 0 Å². The van der Waals surface area contributed by atoms with Crippen LogP contribution in [-0.2, 0) is 5.88 Å². The number of rotatable bonds is 1. The van der Waals surface area contributed by atoms with E-state index >= 15 is 0 Å². The summed E-state index contributed by atoms with van der Waals surface area (Å²) in [5, 5.41) is 0. The smallest absolute Gasteiger partial charge is 0.0623 e. The van der Waals surface area contributed by atoms with E-state index in [-0.39, 0.29) is 0 Å². The fraction of sp³-hybridized carbons (Fsp3) is 0.143. The normalized spacial score (nSPS) is 10.9. The topological polar surface area (TPSA) is 0 Å². The van der Waals surface area contributed by atoms with Crippen molar-refractivity contribution in [1.29, 1.82) is 0 Å². The van der Waals surface area contributed by atoms with Gasteiger partial charge in [0, 0.05) is 5.88 Å². The summed E-state index contributed by atoms with van der Waals surface area (Å²) in [4.78, 5) is 0. The first-order valence-electron chi connectivity index (χ1n) is 2.94. The van der Waals surface area contributed by atoms with Gasteiger partial charge in [0.25, 0.3) is 0 Å². The Morgan fingerprint density at radius 1 is 1.50 bits per heavy atom. The van der Waals surface area contributed by atoms with Gasteiger partial charge in [0.15, 0.2) is 0 Å². The van der Waals surface area contributed by atoms with Gasteiger partial charge in [-0.15, -0.1) is 11.6 Å². The first kappa shape index (κ1) is 4.39. The monoisotopic (exact) mass is 127 g/mol. The van der Waals surface area contributed by atoms with Crippen LogP contribution in [0.25, 0.3) is 0 Å². The average Bonchev–Trinajstić information content (AvgIpc) is 1.90. The van der Waals surface area contributed by atoms with Crippen LogP contribution in [-0.4, -0.2) is 0 Å². The molecular formula is C7H7Cl. The molecule has 42 valence electrons. The largest absolute Gasteiger partial charge is 0.122 e. The first-order chi connectivity index (χ1) is 4.33. The highest BCUT2D eigenvalue weighted by atomic mass is 35.5. The lowest BCUT2D eigenvalue weighted by atomic mass is 10.2. The maximum atomic E-state index is 7.12. The molecule has 0 saturated carbocycles. The molecule has 0 atom stereocenters. The molecule has 0 unspecified atom stereocenters. The van der Waals surface area contributed by atoms with Crippen LogP contribution in [0.3, 0.4) is 0 Å². The Labute approximate surface area is 55.5 Å². The number of halogens is 1. The van der Waals surface area contributed by atoms with Crippen LogP contribution in [0, 0.1) is 0 Å². The Hall–Kier alpha value is -0.490. The molecule has 0 aliphatic heterocycles. The molecular weight excluding hydrogens is 120 g/mol. The van der Waals surface area contributed by atoms with E-state index in [2.05, 4.69) is 0 Å². The molecule has 0 bridgehead atoms. The summed E-state index contributed by atoms with van der Waals surface area (Å²) in [6.45, 7) is 0. The Bertz CT molecular complexity index is 181. The molecule has 0 saturated heterocycles. The molecule has 0 spiro atoms. The maximum absolute atomic E-state index is 7.12. The van der Waals surface area contributed by atoms with E-state index in [4.69, 9.17) is 13.0 Å². The molecule has 1 aromatic rings. The second-order valence-electron chi connectivity index (χ2n) is 1.54. The third-order valence-corrected chi connectivity index (χ3v) is 1.25. The zero-order valence-corrected chi connectivity index (χ0v) is 5.15. The number of alkyl halides is 1. The van der Waals surface area contributed by atoms with E-state index in [1.165, 1.54) is 0 Å². The third kappa shape index (κ3) is 1.24. The van der Waals surface area contributed by atoms with Crippen LogP contribution in [0.15, 0.2) is 30.3 Å². The lowest BCUT2D eigenvalue weighted by Crippen LogP contribution is -1.71. The van der Waals surface area contributed by atoms with Gasteiger partial charge in [0.05, 0.1) is 1.37 Å². The molecule has 0 amide bonds. The third-order valence-electron chi connectivity index (χ3n) is 0.942. The summed E-state index contributed by atoms with van der Waals surface area (Å²) in [6, 6.07) is 7.71. The van der Waals surface area contributed by atoms with Crippen molar-refractivity contribution in [2.75, 3.05) is 0 Å². The zero-order valence-electron chi connectivity index (χ0n) is 5.39. The van der Waals surface area contributed by atoms with Crippen molar-refractivity contribution >= 4 is 11.6 Å². The van der Waals surface area contributed by atoms with Crippen LogP contribution < -0.4 is 0 Å². The Kier molecular flexibility index (Phi) is 1.50. The summed E-state index contributed by atoms with van der Waals surface area (Å²) in [5.41, 5.74) is 1.06. The number of benzene rings is 1. The minimum absolute atomic E-state index is 0.528. The quantitative estimate of drug-likeness (QED) is 0.509. The Balaban J connectivity index is 2.88. The molecule has 0 radical (unpaired) electrons. The predicted molar refractivity (Wildman–Crippen MR) is 36.0 cm³/mol. The van der Waals surface area contributed by atoms with E-state index in [1.54, 1.807) is 12.1 Å². The minimum Gasteiger partial charge on any atom is -0.122 e. The van der Waals surface area contributed by atoms with Crippen LogP contribution in [0.5, 0.6) is 0 Å². The molecule has 8 heavy (non-hydrogen) atoms. The standard InChI is InChI=1S/C7H7Cl/c8-6-7-4-2-1-3-5-7/h1-5H,6H2/i1D. The fourth-order valence-corrected chi connectivity index (χ4v) is 0.689. The maximum Gasteiger partial charge on any atom is 0.0623 e. The molecule has 1 rings (SSSR count).